The van der Waals surface area contributed by atoms with Crippen molar-refractivity contribution in [3.8, 4) is 28.6 Å². The molecule has 0 spiro atoms. The molecule has 0 aliphatic carbocycles. The number of aromatic hydroxyl groups is 1. The molecule has 5 atom stereocenters. The van der Waals surface area contributed by atoms with Crippen LogP contribution in [0.2, 0.25) is 0 Å². The number of rotatable bonds is 10. The number of benzene rings is 2. The van der Waals surface area contributed by atoms with Crippen LogP contribution in [0.25, 0.3) is 22.3 Å². The van der Waals surface area contributed by atoms with E-state index in [2.05, 4.69) is 0 Å². The summed E-state index contributed by atoms with van der Waals surface area (Å²) in [6, 6.07) is 8.43. The van der Waals surface area contributed by atoms with Gasteiger partial charge in [0.05, 0.1) is 27.4 Å². The molecular weight excluding hydrogens is 488 g/mol. The maximum atomic E-state index is 10.4. The topological polar surface area (TPSA) is 171 Å². The number of hydrogen-bond acceptors (Lipinski definition) is 11. The van der Waals surface area contributed by atoms with Crippen LogP contribution in [0.4, 0.5) is 0 Å². The predicted molar refractivity (Wildman–Crippen MR) is 130 cm³/mol. The second-order valence-corrected chi connectivity index (χ2v) is 8.81. The highest BCUT2D eigenvalue weighted by molar-refractivity contribution is 5.92. The second kappa shape index (κ2) is 11.7. The molecule has 11 nitrogen and oxygen atoms in total. The van der Waals surface area contributed by atoms with Crippen molar-refractivity contribution in [1.82, 2.24) is 0 Å². The van der Waals surface area contributed by atoms with Gasteiger partial charge in [-0.05, 0) is 48.7 Å². The van der Waals surface area contributed by atoms with Crippen molar-refractivity contribution in [1.29, 1.82) is 0 Å². The van der Waals surface area contributed by atoms with Crippen molar-refractivity contribution < 1.29 is 54.0 Å². The number of aryl methyl sites for hydroxylation is 1. The molecule has 4 rings (SSSR count). The van der Waals surface area contributed by atoms with E-state index in [1.165, 1.54) is 20.3 Å². The Morgan fingerprint density at radius 3 is 2.35 bits per heavy atom. The summed E-state index contributed by atoms with van der Waals surface area (Å²) < 4.78 is 28.4. The van der Waals surface area contributed by atoms with Gasteiger partial charge in [0, 0.05) is 23.1 Å². The molecule has 11 heteroatoms. The van der Waals surface area contributed by atoms with Gasteiger partial charge in [-0.3, -0.25) is 0 Å². The van der Waals surface area contributed by atoms with E-state index in [1.807, 2.05) is 12.1 Å². The third-order valence-electron chi connectivity index (χ3n) is 6.44. The number of phenolic OH excluding ortho intramolecular Hbond substituents is 1. The van der Waals surface area contributed by atoms with Gasteiger partial charge in [0.2, 0.25) is 0 Å². The normalized spacial score (nSPS) is 23.9. The molecule has 0 radical (unpaired) electrons. The first kappa shape index (κ1) is 27.1. The summed E-state index contributed by atoms with van der Waals surface area (Å²) >= 11 is 0. The van der Waals surface area contributed by atoms with Crippen molar-refractivity contribution in [3.63, 3.8) is 0 Å². The Balaban J connectivity index is 1.78. The smallest absolute Gasteiger partial charge is 0.187 e. The maximum Gasteiger partial charge on any atom is 0.187 e. The highest BCUT2D eigenvalue weighted by atomic mass is 16.7. The molecular formula is C26H32O11. The molecule has 1 aromatic heterocycles. The molecule has 1 fully saturated rings. The van der Waals surface area contributed by atoms with Crippen LogP contribution in [0, 0.1) is 0 Å². The number of fused-ring (bicyclic) bond motifs is 1. The number of phenols is 1. The predicted octanol–water partition coefficient (Wildman–Crippen LogP) is 1.06. The van der Waals surface area contributed by atoms with Crippen molar-refractivity contribution in [2.45, 2.75) is 50.2 Å². The van der Waals surface area contributed by atoms with E-state index in [0.717, 1.165) is 5.56 Å². The largest absolute Gasteiger partial charge is 0.504 e. The van der Waals surface area contributed by atoms with Crippen LogP contribution in [-0.4, -0.2) is 88.8 Å². The standard InChI is InChI=1S/C26H32O11/c1-33-18-10-14(5-6-17(18)29)24-16(12-35-26-23(32)22(31)21(30)20(11-28)36-26)15-8-13(4-3-7-27)9-19(34-2)25(15)37-24/h5-6,8-10,20-23,26-32H,3-4,7,11-12H2,1-2H3/t20-,21-,22+,23-,26-/m1/s1. The van der Waals surface area contributed by atoms with Gasteiger partial charge < -0.3 is 54.0 Å². The molecule has 202 valence electrons. The third kappa shape index (κ3) is 5.39. The minimum absolute atomic E-state index is 0.0252. The lowest BCUT2D eigenvalue weighted by molar-refractivity contribution is -0.304. The van der Waals surface area contributed by atoms with Crippen molar-refractivity contribution in [2.75, 3.05) is 27.4 Å². The second-order valence-electron chi connectivity index (χ2n) is 8.81. The molecule has 2 aromatic carbocycles. The van der Waals surface area contributed by atoms with Crippen LogP contribution in [0.3, 0.4) is 0 Å². The lowest BCUT2D eigenvalue weighted by Crippen LogP contribution is -2.59. The Morgan fingerprint density at radius 1 is 0.919 bits per heavy atom. The molecule has 1 aliphatic rings. The van der Waals surface area contributed by atoms with Crippen molar-refractivity contribution in [3.05, 3.63) is 41.5 Å². The molecule has 1 aliphatic heterocycles. The summed E-state index contributed by atoms with van der Waals surface area (Å²) in [6.07, 6.45) is -5.98. The van der Waals surface area contributed by atoms with E-state index in [4.69, 9.17) is 23.4 Å². The van der Waals surface area contributed by atoms with Crippen LogP contribution in [0.15, 0.2) is 34.7 Å². The maximum absolute atomic E-state index is 10.4. The van der Waals surface area contributed by atoms with Gasteiger partial charge in [0.15, 0.2) is 29.1 Å². The summed E-state index contributed by atoms with van der Waals surface area (Å²) in [4.78, 5) is 0. The number of hydrogen-bond donors (Lipinski definition) is 6. The third-order valence-corrected chi connectivity index (χ3v) is 6.44. The Bertz CT molecular complexity index is 1200. The van der Waals surface area contributed by atoms with E-state index in [0.29, 0.717) is 46.4 Å². The van der Waals surface area contributed by atoms with E-state index >= 15 is 0 Å². The fraction of sp³-hybridized carbons (Fsp3) is 0.462. The summed E-state index contributed by atoms with van der Waals surface area (Å²) in [6.45, 7) is -0.707. The SMILES string of the molecule is COc1cc(-c2oc3c(OC)cc(CCCO)cc3c2CO[C@@H]2O[C@H](CO)[C@@H](O)[C@H](O)[C@H]2O)ccc1O. The summed E-state index contributed by atoms with van der Waals surface area (Å²) in [5.41, 5.74) is 2.45. The Hall–Kier alpha value is -2.90. The highest BCUT2D eigenvalue weighted by Crippen LogP contribution is 2.42. The lowest BCUT2D eigenvalue weighted by atomic mass is 9.99. The number of aliphatic hydroxyl groups excluding tert-OH is 5. The monoisotopic (exact) mass is 520 g/mol. The average molecular weight is 521 g/mol. The zero-order valence-corrected chi connectivity index (χ0v) is 20.5. The van der Waals surface area contributed by atoms with Gasteiger partial charge in [0.1, 0.15) is 30.2 Å². The summed E-state index contributed by atoms with van der Waals surface area (Å²) in [5, 5.41) is 60.1. The van der Waals surface area contributed by atoms with Crippen molar-refractivity contribution >= 4 is 11.0 Å². The summed E-state index contributed by atoms with van der Waals surface area (Å²) in [7, 11) is 2.94. The Labute approximate surface area is 213 Å². The van der Waals surface area contributed by atoms with Gasteiger partial charge >= 0.3 is 0 Å². The number of furan rings is 1. The Kier molecular flexibility index (Phi) is 8.55. The van der Waals surface area contributed by atoms with Crippen LogP contribution in [0.1, 0.15) is 17.5 Å². The minimum Gasteiger partial charge on any atom is -0.504 e. The fourth-order valence-electron chi connectivity index (χ4n) is 4.42. The first-order valence-corrected chi connectivity index (χ1v) is 11.9. The molecule has 37 heavy (non-hydrogen) atoms. The highest BCUT2D eigenvalue weighted by Gasteiger charge is 2.44. The van der Waals surface area contributed by atoms with Gasteiger partial charge in [-0.1, -0.05) is 0 Å². The average Bonchev–Trinajstić information content (AvgIpc) is 3.28. The molecule has 0 saturated carbocycles. The summed E-state index contributed by atoms with van der Waals surface area (Å²) in [5.74, 6) is 1.03. The molecule has 1 saturated heterocycles. The van der Waals surface area contributed by atoms with Gasteiger partial charge in [-0.15, -0.1) is 0 Å². The van der Waals surface area contributed by atoms with Gasteiger partial charge in [-0.2, -0.15) is 0 Å². The first-order chi connectivity index (χ1) is 17.8. The van der Waals surface area contributed by atoms with E-state index in [-0.39, 0.29) is 24.7 Å². The number of methoxy groups -OCH3 is 2. The van der Waals surface area contributed by atoms with Crippen LogP contribution < -0.4 is 9.47 Å². The fourth-order valence-corrected chi connectivity index (χ4v) is 4.42. The van der Waals surface area contributed by atoms with Crippen LogP contribution in [0.5, 0.6) is 17.2 Å². The quantitative estimate of drug-likeness (QED) is 0.226. The zero-order chi connectivity index (χ0) is 26.7. The molecule has 0 bridgehead atoms. The first-order valence-electron chi connectivity index (χ1n) is 11.9. The number of aliphatic hydroxyl groups is 5. The van der Waals surface area contributed by atoms with Crippen molar-refractivity contribution in [2.24, 2.45) is 0 Å². The van der Waals surface area contributed by atoms with E-state index < -0.39 is 37.3 Å². The molecule has 2 heterocycles. The zero-order valence-electron chi connectivity index (χ0n) is 20.5. The van der Waals surface area contributed by atoms with E-state index in [1.54, 1.807) is 12.1 Å². The molecule has 0 amide bonds. The molecule has 0 unspecified atom stereocenters. The van der Waals surface area contributed by atoms with E-state index in [9.17, 15) is 30.6 Å². The number of ether oxygens (including phenoxy) is 4. The Morgan fingerprint density at radius 2 is 1.68 bits per heavy atom. The van der Waals surface area contributed by atoms with Gasteiger partial charge in [0.25, 0.3) is 0 Å². The molecule has 6 N–H and O–H groups in total. The van der Waals surface area contributed by atoms with Crippen LogP contribution >= 0.6 is 0 Å². The molecule has 3 aromatic rings. The lowest BCUT2D eigenvalue weighted by Gasteiger charge is -2.39. The van der Waals surface area contributed by atoms with Crippen LogP contribution in [-0.2, 0) is 22.5 Å². The van der Waals surface area contributed by atoms with Gasteiger partial charge in [-0.25, -0.2) is 0 Å². The minimum atomic E-state index is -1.58.